The molecule has 0 spiro atoms. The lowest BCUT2D eigenvalue weighted by atomic mass is 9.87. The molecule has 0 fully saturated rings. The van der Waals surface area contributed by atoms with Gasteiger partial charge in [0.15, 0.2) is 0 Å². The molecule has 0 aliphatic rings. The summed E-state index contributed by atoms with van der Waals surface area (Å²) in [5, 5.41) is 10.8. The summed E-state index contributed by atoms with van der Waals surface area (Å²) in [7, 11) is 0. The fourth-order valence-electron chi connectivity index (χ4n) is 1.81. The first-order chi connectivity index (χ1) is 8.32. The molecule has 0 aliphatic heterocycles. The van der Waals surface area contributed by atoms with E-state index in [1.54, 1.807) is 26.0 Å². The third-order valence-corrected chi connectivity index (χ3v) is 3.39. The molecule has 0 saturated heterocycles. The van der Waals surface area contributed by atoms with Gasteiger partial charge in [-0.3, -0.25) is 9.78 Å². The average Bonchev–Trinajstić information content (AvgIpc) is 2.27. The van der Waals surface area contributed by atoms with Crippen molar-refractivity contribution < 1.29 is 9.90 Å². The normalized spacial score (nSPS) is 11.8. The number of aliphatic carboxylic acids is 1. The molecular formula is C14H14ClNO2. The highest BCUT2D eigenvalue weighted by molar-refractivity contribution is 6.31. The van der Waals surface area contributed by atoms with E-state index in [-0.39, 0.29) is 0 Å². The fraction of sp³-hybridized carbons (Fsp3) is 0.286. The number of halogens is 1. The number of carboxylic acids is 1. The number of hydrogen-bond acceptors (Lipinski definition) is 2. The topological polar surface area (TPSA) is 50.2 Å². The van der Waals surface area contributed by atoms with Crippen LogP contribution in [0.15, 0.2) is 24.3 Å². The Kier molecular flexibility index (Phi) is 3.03. The lowest BCUT2D eigenvalue weighted by Gasteiger charge is -2.19. The van der Waals surface area contributed by atoms with Crippen molar-refractivity contribution in [3.63, 3.8) is 0 Å². The second-order valence-corrected chi connectivity index (χ2v) is 5.35. The Morgan fingerprint density at radius 2 is 2.00 bits per heavy atom. The van der Waals surface area contributed by atoms with Gasteiger partial charge in [0.25, 0.3) is 0 Å². The Morgan fingerprint density at radius 1 is 1.33 bits per heavy atom. The van der Waals surface area contributed by atoms with Gasteiger partial charge in [-0.05, 0) is 44.5 Å². The zero-order valence-corrected chi connectivity index (χ0v) is 11.2. The summed E-state index contributed by atoms with van der Waals surface area (Å²) in [6.45, 7) is 5.24. The first-order valence-electron chi connectivity index (χ1n) is 5.63. The SMILES string of the molecule is Cc1cc(C(C)(C)C(=O)O)nc2cc(Cl)ccc12. The number of pyridine rings is 1. The van der Waals surface area contributed by atoms with Gasteiger partial charge in [0, 0.05) is 10.4 Å². The van der Waals surface area contributed by atoms with Crippen molar-refractivity contribution in [2.24, 2.45) is 0 Å². The van der Waals surface area contributed by atoms with Crippen molar-refractivity contribution in [2.45, 2.75) is 26.2 Å². The molecule has 1 N–H and O–H groups in total. The van der Waals surface area contributed by atoms with E-state index in [0.717, 1.165) is 16.5 Å². The predicted octanol–water partition coefficient (Wildman–Crippen LogP) is 3.56. The van der Waals surface area contributed by atoms with Gasteiger partial charge in [0.1, 0.15) is 5.41 Å². The summed E-state index contributed by atoms with van der Waals surface area (Å²) in [5.41, 5.74) is 1.26. The van der Waals surface area contributed by atoms with Gasteiger partial charge >= 0.3 is 5.97 Å². The summed E-state index contributed by atoms with van der Waals surface area (Å²) in [6, 6.07) is 7.29. The van der Waals surface area contributed by atoms with Crippen molar-refractivity contribution in [3.8, 4) is 0 Å². The molecule has 1 aromatic heterocycles. The number of carbonyl (C=O) groups is 1. The Balaban J connectivity index is 2.72. The Labute approximate surface area is 110 Å². The number of carboxylic acid groups (broad SMARTS) is 1. The first kappa shape index (κ1) is 12.8. The fourth-order valence-corrected chi connectivity index (χ4v) is 1.97. The first-order valence-corrected chi connectivity index (χ1v) is 6.01. The van der Waals surface area contributed by atoms with E-state index in [9.17, 15) is 9.90 Å². The van der Waals surface area contributed by atoms with Crippen LogP contribution in [0.4, 0.5) is 0 Å². The molecule has 1 heterocycles. The third kappa shape index (κ3) is 2.06. The van der Waals surface area contributed by atoms with Crippen molar-refractivity contribution in [2.75, 3.05) is 0 Å². The van der Waals surface area contributed by atoms with Gasteiger partial charge < -0.3 is 5.11 Å². The summed E-state index contributed by atoms with van der Waals surface area (Å²) in [4.78, 5) is 15.7. The quantitative estimate of drug-likeness (QED) is 0.901. The molecule has 2 rings (SSSR count). The zero-order chi connectivity index (χ0) is 13.5. The Hall–Kier alpha value is -1.61. The third-order valence-electron chi connectivity index (χ3n) is 3.15. The molecule has 18 heavy (non-hydrogen) atoms. The van der Waals surface area contributed by atoms with E-state index in [1.165, 1.54) is 0 Å². The van der Waals surface area contributed by atoms with Gasteiger partial charge in [-0.1, -0.05) is 17.7 Å². The average molecular weight is 264 g/mol. The van der Waals surface area contributed by atoms with Crippen molar-refractivity contribution in [1.82, 2.24) is 4.98 Å². The lowest BCUT2D eigenvalue weighted by Crippen LogP contribution is -2.29. The molecule has 0 amide bonds. The van der Waals surface area contributed by atoms with Gasteiger partial charge in [-0.2, -0.15) is 0 Å². The molecular weight excluding hydrogens is 250 g/mol. The molecule has 0 bridgehead atoms. The number of rotatable bonds is 2. The number of nitrogens with zero attached hydrogens (tertiary/aromatic N) is 1. The van der Waals surface area contributed by atoms with Crippen LogP contribution in [0.1, 0.15) is 25.1 Å². The van der Waals surface area contributed by atoms with Crippen LogP contribution in [-0.2, 0) is 10.2 Å². The smallest absolute Gasteiger partial charge is 0.315 e. The number of fused-ring (bicyclic) bond motifs is 1. The molecule has 0 unspecified atom stereocenters. The molecule has 4 heteroatoms. The maximum atomic E-state index is 11.3. The molecule has 0 aliphatic carbocycles. The zero-order valence-electron chi connectivity index (χ0n) is 10.5. The van der Waals surface area contributed by atoms with Crippen LogP contribution in [0.25, 0.3) is 10.9 Å². The molecule has 0 radical (unpaired) electrons. The molecule has 0 saturated carbocycles. The number of aromatic nitrogens is 1. The highest BCUT2D eigenvalue weighted by Gasteiger charge is 2.31. The van der Waals surface area contributed by atoms with Crippen LogP contribution in [0.3, 0.4) is 0 Å². The van der Waals surface area contributed by atoms with Crippen LogP contribution in [0.5, 0.6) is 0 Å². The van der Waals surface area contributed by atoms with Crippen LogP contribution >= 0.6 is 11.6 Å². The van der Waals surface area contributed by atoms with E-state index in [1.807, 2.05) is 19.1 Å². The van der Waals surface area contributed by atoms with Gasteiger partial charge in [-0.25, -0.2) is 0 Å². The summed E-state index contributed by atoms with van der Waals surface area (Å²) < 4.78 is 0. The molecule has 94 valence electrons. The van der Waals surface area contributed by atoms with Crippen molar-refractivity contribution >= 4 is 28.5 Å². The second-order valence-electron chi connectivity index (χ2n) is 4.92. The van der Waals surface area contributed by atoms with Crippen LogP contribution in [0, 0.1) is 6.92 Å². The van der Waals surface area contributed by atoms with Crippen molar-refractivity contribution in [3.05, 3.63) is 40.5 Å². The number of benzene rings is 1. The van der Waals surface area contributed by atoms with Crippen LogP contribution in [0.2, 0.25) is 5.02 Å². The second kappa shape index (κ2) is 4.25. The van der Waals surface area contributed by atoms with Crippen molar-refractivity contribution in [1.29, 1.82) is 0 Å². The maximum Gasteiger partial charge on any atom is 0.315 e. The molecule has 3 nitrogen and oxygen atoms in total. The number of aryl methyl sites for hydroxylation is 1. The Bertz CT molecular complexity index is 635. The van der Waals surface area contributed by atoms with Crippen LogP contribution in [-0.4, -0.2) is 16.1 Å². The highest BCUT2D eigenvalue weighted by atomic mass is 35.5. The van der Waals surface area contributed by atoms with Gasteiger partial charge in [-0.15, -0.1) is 0 Å². The van der Waals surface area contributed by atoms with E-state index in [4.69, 9.17) is 11.6 Å². The molecule has 2 aromatic rings. The van der Waals surface area contributed by atoms with Crippen LogP contribution < -0.4 is 0 Å². The lowest BCUT2D eigenvalue weighted by molar-refractivity contribution is -0.142. The molecule has 1 aromatic carbocycles. The maximum absolute atomic E-state index is 11.3. The summed E-state index contributed by atoms with van der Waals surface area (Å²) in [5.74, 6) is -0.893. The molecule has 0 atom stereocenters. The minimum absolute atomic E-state index is 0.544. The van der Waals surface area contributed by atoms with E-state index in [2.05, 4.69) is 4.98 Å². The highest BCUT2D eigenvalue weighted by Crippen LogP contribution is 2.27. The van der Waals surface area contributed by atoms with E-state index < -0.39 is 11.4 Å². The largest absolute Gasteiger partial charge is 0.481 e. The predicted molar refractivity (Wildman–Crippen MR) is 72.2 cm³/mol. The summed E-state index contributed by atoms with van der Waals surface area (Å²) in [6.07, 6.45) is 0. The van der Waals surface area contributed by atoms with Gasteiger partial charge in [0.2, 0.25) is 0 Å². The summed E-state index contributed by atoms with van der Waals surface area (Å²) >= 11 is 5.94. The van der Waals surface area contributed by atoms with E-state index >= 15 is 0 Å². The Morgan fingerprint density at radius 3 is 2.61 bits per heavy atom. The van der Waals surface area contributed by atoms with Gasteiger partial charge in [0.05, 0.1) is 11.2 Å². The number of hydrogen-bond donors (Lipinski definition) is 1. The van der Waals surface area contributed by atoms with E-state index in [0.29, 0.717) is 10.7 Å². The monoisotopic (exact) mass is 263 g/mol. The standard InChI is InChI=1S/C14H14ClNO2/c1-8-6-12(14(2,3)13(17)18)16-11-7-9(15)4-5-10(8)11/h4-7H,1-3H3,(H,17,18). The minimum Gasteiger partial charge on any atom is -0.481 e. The minimum atomic E-state index is -1.01.